The Morgan fingerprint density at radius 1 is 1.24 bits per heavy atom. The van der Waals surface area contributed by atoms with Gasteiger partial charge in [0.2, 0.25) is 0 Å². The van der Waals surface area contributed by atoms with Gasteiger partial charge in [-0.2, -0.15) is 8.78 Å². The number of carbonyl (C=O) groups is 1. The van der Waals surface area contributed by atoms with Gasteiger partial charge in [0.05, 0.1) is 11.7 Å². The van der Waals surface area contributed by atoms with Crippen LogP contribution >= 0.6 is 15.9 Å². The molecule has 2 aromatic rings. The molecule has 110 valence electrons. The predicted octanol–water partition coefficient (Wildman–Crippen LogP) is 3.81. The largest absolute Gasteiger partial charge is 0.349 e. The number of nitrogens with zero attached hydrogens (tertiary/aromatic N) is 1. The van der Waals surface area contributed by atoms with Gasteiger partial charge in [-0.15, -0.1) is 0 Å². The summed E-state index contributed by atoms with van der Waals surface area (Å²) < 4.78 is 28.9. The molecule has 0 fully saturated rings. The van der Waals surface area contributed by atoms with Crippen molar-refractivity contribution in [3.8, 4) is 0 Å². The Morgan fingerprint density at radius 2 is 1.90 bits per heavy atom. The minimum Gasteiger partial charge on any atom is -0.342 e. The van der Waals surface area contributed by atoms with Gasteiger partial charge < -0.3 is 5.32 Å². The zero-order valence-corrected chi connectivity index (χ0v) is 12.8. The summed E-state index contributed by atoms with van der Waals surface area (Å²) in [6.45, 7) is 1.61. The average molecular weight is 355 g/mol. The lowest BCUT2D eigenvalue weighted by molar-refractivity contribution is -0.147. The molecular weight excluding hydrogens is 342 g/mol. The third-order valence-electron chi connectivity index (χ3n) is 2.96. The highest BCUT2D eigenvalue weighted by molar-refractivity contribution is 9.10. The van der Waals surface area contributed by atoms with E-state index in [1.54, 1.807) is 31.3 Å². The van der Waals surface area contributed by atoms with Crippen molar-refractivity contribution in [2.75, 3.05) is 0 Å². The summed E-state index contributed by atoms with van der Waals surface area (Å²) in [6, 6.07) is 9.79. The van der Waals surface area contributed by atoms with Crippen LogP contribution in [-0.4, -0.2) is 10.9 Å². The van der Waals surface area contributed by atoms with Crippen molar-refractivity contribution in [2.24, 2.45) is 0 Å². The minimum absolute atomic E-state index is 0.335. The second-order valence-corrected chi connectivity index (χ2v) is 5.45. The van der Waals surface area contributed by atoms with Crippen molar-refractivity contribution < 1.29 is 13.6 Å². The molecule has 0 aliphatic carbocycles. The van der Waals surface area contributed by atoms with E-state index in [-0.39, 0.29) is 5.56 Å². The first-order valence-electron chi connectivity index (χ1n) is 6.27. The van der Waals surface area contributed by atoms with E-state index in [1.165, 1.54) is 24.3 Å². The van der Waals surface area contributed by atoms with E-state index in [2.05, 4.69) is 26.2 Å². The first kappa shape index (κ1) is 15.6. The molecule has 0 radical (unpaired) electrons. The lowest BCUT2D eigenvalue weighted by Gasteiger charge is -2.19. The van der Waals surface area contributed by atoms with Gasteiger partial charge in [0.1, 0.15) is 0 Å². The highest BCUT2D eigenvalue weighted by Gasteiger charge is 2.41. The molecule has 1 aromatic heterocycles. The number of alkyl halides is 2. The van der Waals surface area contributed by atoms with Crippen molar-refractivity contribution in [1.29, 1.82) is 0 Å². The van der Waals surface area contributed by atoms with E-state index in [0.29, 0.717) is 5.69 Å². The van der Waals surface area contributed by atoms with E-state index in [1.807, 2.05) is 0 Å². The highest BCUT2D eigenvalue weighted by Crippen LogP contribution is 2.28. The van der Waals surface area contributed by atoms with Crippen LogP contribution in [0.15, 0.2) is 53.1 Å². The molecule has 3 nitrogen and oxygen atoms in total. The third kappa shape index (κ3) is 3.64. The molecule has 21 heavy (non-hydrogen) atoms. The van der Waals surface area contributed by atoms with Crippen molar-refractivity contribution in [3.05, 3.63) is 64.4 Å². The SMILES string of the molecule is C[C@H](NC(=O)C(F)(F)c1ccccc1)c1ccc(Br)cn1. The van der Waals surface area contributed by atoms with Crippen LogP contribution < -0.4 is 5.32 Å². The molecule has 0 saturated carbocycles. The predicted molar refractivity (Wildman–Crippen MR) is 78.8 cm³/mol. The molecule has 0 spiro atoms. The van der Waals surface area contributed by atoms with Crippen LogP contribution in [0.5, 0.6) is 0 Å². The molecule has 1 heterocycles. The quantitative estimate of drug-likeness (QED) is 0.906. The molecule has 0 saturated heterocycles. The van der Waals surface area contributed by atoms with Gasteiger partial charge in [0, 0.05) is 16.2 Å². The van der Waals surface area contributed by atoms with E-state index in [0.717, 1.165) is 4.47 Å². The molecule has 6 heteroatoms. The molecule has 0 aliphatic rings. The maximum atomic E-state index is 14.0. The van der Waals surface area contributed by atoms with Crippen molar-refractivity contribution in [1.82, 2.24) is 10.3 Å². The molecule has 0 aliphatic heterocycles. The number of nitrogens with one attached hydrogen (secondary N) is 1. The third-order valence-corrected chi connectivity index (χ3v) is 3.43. The van der Waals surface area contributed by atoms with Crippen LogP contribution in [0.1, 0.15) is 24.2 Å². The zero-order chi connectivity index (χ0) is 15.5. The second kappa shape index (κ2) is 6.30. The van der Waals surface area contributed by atoms with Crippen molar-refractivity contribution in [2.45, 2.75) is 18.9 Å². The Labute approximate surface area is 129 Å². The number of pyridine rings is 1. The number of hydrogen-bond acceptors (Lipinski definition) is 2. The molecule has 1 amide bonds. The number of rotatable bonds is 4. The van der Waals surface area contributed by atoms with Gasteiger partial charge >= 0.3 is 5.92 Å². The average Bonchev–Trinajstić information content (AvgIpc) is 2.48. The Balaban J connectivity index is 2.12. The number of hydrogen-bond donors (Lipinski definition) is 1. The fourth-order valence-corrected chi connectivity index (χ4v) is 2.02. The van der Waals surface area contributed by atoms with E-state index >= 15 is 0 Å². The van der Waals surface area contributed by atoms with Crippen LogP contribution in [0.4, 0.5) is 8.78 Å². The molecule has 1 aromatic carbocycles. The molecular formula is C15H13BrF2N2O. The van der Waals surface area contributed by atoms with Crippen LogP contribution in [0.3, 0.4) is 0 Å². The molecule has 0 bridgehead atoms. The first-order chi connectivity index (χ1) is 9.91. The molecule has 1 N–H and O–H groups in total. The Bertz CT molecular complexity index is 617. The van der Waals surface area contributed by atoms with Gasteiger partial charge in [-0.05, 0) is 35.0 Å². The number of carbonyl (C=O) groups excluding carboxylic acids is 1. The van der Waals surface area contributed by atoms with Gasteiger partial charge in [-0.25, -0.2) is 0 Å². The summed E-state index contributed by atoms with van der Waals surface area (Å²) in [4.78, 5) is 15.9. The van der Waals surface area contributed by atoms with E-state index in [4.69, 9.17) is 0 Å². The zero-order valence-electron chi connectivity index (χ0n) is 11.2. The van der Waals surface area contributed by atoms with Gasteiger partial charge in [-0.3, -0.25) is 9.78 Å². The lowest BCUT2D eigenvalue weighted by Crippen LogP contribution is -2.39. The van der Waals surface area contributed by atoms with Crippen molar-refractivity contribution >= 4 is 21.8 Å². The normalized spacial score (nSPS) is 12.8. The standard InChI is InChI=1S/C15H13BrF2N2O/c1-10(13-8-7-12(16)9-19-13)20-14(21)15(17,18)11-5-3-2-4-6-11/h2-10H,1H3,(H,20,21)/t10-/m0/s1. The number of halogens is 3. The fourth-order valence-electron chi connectivity index (χ4n) is 1.78. The summed E-state index contributed by atoms with van der Waals surface area (Å²) in [5.41, 5.74) is 0.175. The molecule has 1 atom stereocenters. The van der Waals surface area contributed by atoms with Crippen LogP contribution in [0.25, 0.3) is 0 Å². The summed E-state index contributed by atoms with van der Waals surface area (Å²) in [7, 11) is 0. The highest BCUT2D eigenvalue weighted by atomic mass is 79.9. The van der Waals surface area contributed by atoms with E-state index in [9.17, 15) is 13.6 Å². The Morgan fingerprint density at radius 3 is 2.48 bits per heavy atom. The van der Waals surface area contributed by atoms with Crippen LogP contribution in [0.2, 0.25) is 0 Å². The summed E-state index contributed by atoms with van der Waals surface area (Å²) in [6.07, 6.45) is 1.55. The number of benzene rings is 1. The van der Waals surface area contributed by atoms with Gasteiger partial charge in [0.15, 0.2) is 0 Å². The lowest BCUT2D eigenvalue weighted by atomic mass is 10.1. The van der Waals surface area contributed by atoms with Gasteiger partial charge in [-0.1, -0.05) is 30.3 Å². The maximum Gasteiger partial charge on any atom is 0.349 e. The molecule has 0 unspecified atom stereocenters. The monoisotopic (exact) mass is 354 g/mol. The number of amides is 1. The van der Waals surface area contributed by atoms with Crippen LogP contribution in [0, 0.1) is 0 Å². The second-order valence-electron chi connectivity index (χ2n) is 4.54. The Kier molecular flexibility index (Phi) is 4.67. The Hall–Kier alpha value is -1.82. The summed E-state index contributed by atoms with van der Waals surface area (Å²) in [5.74, 6) is -4.92. The maximum absolute atomic E-state index is 14.0. The van der Waals surface area contributed by atoms with Gasteiger partial charge in [0.25, 0.3) is 5.91 Å². The van der Waals surface area contributed by atoms with E-state index < -0.39 is 17.9 Å². The fraction of sp³-hybridized carbons (Fsp3) is 0.200. The number of aromatic nitrogens is 1. The first-order valence-corrected chi connectivity index (χ1v) is 7.06. The summed E-state index contributed by atoms with van der Waals surface area (Å²) in [5, 5.41) is 2.29. The van der Waals surface area contributed by atoms with Crippen molar-refractivity contribution in [3.63, 3.8) is 0 Å². The summed E-state index contributed by atoms with van der Waals surface area (Å²) >= 11 is 3.24. The molecule has 2 rings (SSSR count). The minimum atomic E-state index is -3.58. The topological polar surface area (TPSA) is 42.0 Å². The smallest absolute Gasteiger partial charge is 0.342 e. The van der Waals surface area contributed by atoms with Crippen LogP contribution in [-0.2, 0) is 10.7 Å².